The average molecular weight is 954 g/mol. The van der Waals surface area contributed by atoms with E-state index < -0.39 is 156 Å². The number of nitro benzene ring substituents is 6. The SMILES string of the molecule is CS(C)=O.CS(C)=O.CS(C)=O.O=C(NCP(=O)(CNC(=O)c1cc([N+](=O)[O-])cc([N+](=O)[O-])c1)CNC(=O)c1cc([N+](=O)[O-])cc([N+](=O)[O-])c1)c1cc([N+](=O)[O-])cc([N+](=O)[O-])c1. The molecule has 0 aliphatic rings. The Morgan fingerprint density at radius 2 is 0.565 bits per heavy atom. The largest absolute Gasteiger partial charge is 0.345 e. The topological polar surface area (TPSA) is 414 Å². The van der Waals surface area contributed by atoms with Crippen LogP contribution in [-0.2, 0) is 37.0 Å². The maximum atomic E-state index is 14.0. The number of hydrogen-bond acceptors (Lipinski definition) is 19. The molecule has 0 spiro atoms. The summed E-state index contributed by atoms with van der Waals surface area (Å²) in [5.74, 6) is -3.75. The van der Waals surface area contributed by atoms with Crippen molar-refractivity contribution in [3.05, 3.63) is 132 Å². The van der Waals surface area contributed by atoms with Crippen molar-refractivity contribution in [2.75, 3.05) is 56.4 Å². The molecule has 28 nitrogen and oxygen atoms in total. The summed E-state index contributed by atoms with van der Waals surface area (Å²) in [6.45, 7) is 0. The first-order valence-corrected chi connectivity index (χ1v) is 24.1. The number of rotatable bonds is 15. The van der Waals surface area contributed by atoms with Gasteiger partial charge in [0.25, 0.3) is 51.8 Å². The number of hydrogen-bond donors (Lipinski definition) is 3. The van der Waals surface area contributed by atoms with Crippen LogP contribution in [0.3, 0.4) is 0 Å². The van der Waals surface area contributed by atoms with Crippen LogP contribution in [0.25, 0.3) is 0 Å². The van der Waals surface area contributed by atoms with Gasteiger partial charge in [-0.25, -0.2) is 0 Å². The van der Waals surface area contributed by atoms with Gasteiger partial charge in [0, 0.05) is 106 Å². The Morgan fingerprint density at radius 1 is 0.419 bits per heavy atom. The van der Waals surface area contributed by atoms with Gasteiger partial charge in [0.15, 0.2) is 0 Å². The highest BCUT2D eigenvalue weighted by Crippen LogP contribution is 2.42. The van der Waals surface area contributed by atoms with Crippen LogP contribution in [0.1, 0.15) is 31.1 Å². The monoisotopic (exact) mass is 953 g/mol. The van der Waals surface area contributed by atoms with E-state index in [1.165, 1.54) is 0 Å². The van der Waals surface area contributed by atoms with Crippen LogP contribution >= 0.6 is 7.14 Å². The van der Waals surface area contributed by atoms with E-state index in [1.54, 1.807) is 37.5 Å². The molecule has 0 bridgehead atoms. The molecular weight excluding hydrogens is 918 g/mol. The van der Waals surface area contributed by atoms with E-state index in [-0.39, 0.29) is 0 Å². The van der Waals surface area contributed by atoms with E-state index in [4.69, 9.17) is 0 Å². The molecule has 0 aromatic heterocycles. The number of amides is 3. The molecular formula is C30H36N9O19PS3. The molecule has 3 rings (SSSR count). The average Bonchev–Trinajstić information content (AvgIpc) is 3.16. The fraction of sp³-hybridized carbons (Fsp3) is 0.300. The lowest BCUT2D eigenvalue weighted by molar-refractivity contribution is -0.394. The zero-order valence-corrected chi connectivity index (χ0v) is 36.3. The van der Waals surface area contributed by atoms with Gasteiger partial charge in [-0.15, -0.1) is 0 Å². The van der Waals surface area contributed by atoms with Crippen molar-refractivity contribution < 1.29 is 61.1 Å². The third-order valence-electron chi connectivity index (χ3n) is 6.34. The molecule has 62 heavy (non-hydrogen) atoms. The minimum absolute atomic E-state index is 0.559. The second-order valence-electron chi connectivity index (χ2n) is 12.0. The maximum Gasteiger partial charge on any atom is 0.277 e. The zero-order valence-electron chi connectivity index (χ0n) is 32.9. The molecule has 0 atom stereocenters. The van der Waals surface area contributed by atoms with Crippen molar-refractivity contribution in [1.29, 1.82) is 0 Å². The third-order valence-corrected chi connectivity index (χ3v) is 8.55. The summed E-state index contributed by atoms with van der Waals surface area (Å²) in [6.07, 6.45) is 6.94. The summed E-state index contributed by atoms with van der Waals surface area (Å²) in [5.41, 5.74) is -7.06. The van der Waals surface area contributed by atoms with Gasteiger partial charge in [-0.1, -0.05) is 0 Å². The molecule has 32 heteroatoms. The number of non-ortho nitro benzene ring substituents is 6. The number of nitrogens with one attached hydrogen (secondary N) is 3. The smallest absolute Gasteiger partial charge is 0.277 e. The summed E-state index contributed by atoms with van der Waals surface area (Å²) in [5, 5.41) is 73.5. The molecule has 3 aromatic carbocycles. The van der Waals surface area contributed by atoms with Gasteiger partial charge in [-0.05, 0) is 0 Å². The lowest BCUT2D eigenvalue weighted by Crippen LogP contribution is -2.35. The van der Waals surface area contributed by atoms with Crippen molar-refractivity contribution in [3.8, 4) is 0 Å². The molecule has 0 unspecified atom stereocenters. The van der Waals surface area contributed by atoms with Gasteiger partial charge in [-0.2, -0.15) is 0 Å². The highest BCUT2D eigenvalue weighted by Gasteiger charge is 2.29. The van der Waals surface area contributed by atoms with Crippen LogP contribution in [0.5, 0.6) is 0 Å². The van der Waals surface area contributed by atoms with E-state index in [9.17, 15) is 92.3 Å². The molecule has 338 valence electrons. The minimum Gasteiger partial charge on any atom is -0.345 e. The van der Waals surface area contributed by atoms with Crippen molar-refractivity contribution in [2.24, 2.45) is 0 Å². The molecule has 3 aromatic rings. The first-order chi connectivity index (χ1) is 28.5. The van der Waals surface area contributed by atoms with Gasteiger partial charge in [0.05, 0.1) is 83.3 Å². The number of carbonyl (C=O) groups excluding carboxylic acids is 3. The van der Waals surface area contributed by atoms with Crippen LogP contribution in [0.4, 0.5) is 34.1 Å². The minimum atomic E-state index is -4.23. The standard InChI is InChI=1S/C24H18N9O16P.3C2H6OS/c34-22(13-1-16(28(37)38)7-17(2-13)29(39)40)25-10-50(49,11-26-23(35)14-3-18(30(41)42)8-19(4-14)31(43)44)12-27-24(36)15-5-20(32(45)46)9-21(6-15)33(47)48;3*1-4(2)3/h1-9H,10-12H2,(H,25,34)(H,26,35)(H,27,36);3*1-2H3. The van der Waals surface area contributed by atoms with Crippen molar-refractivity contribution in [1.82, 2.24) is 16.0 Å². The van der Waals surface area contributed by atoms with Crippen LogP contribution in [0.2, 0.25) is 0 Å². The number of benzene rings is 3. The second-order valence-corrected chi connectivity index (χ2v) is 19.5. The molecule has 0 saturated carbocycles. The quantitative estimate of drug-likeness (QED) is 0.112. The maximum absolute atomic E-state index is 14.0. The normalized spacial score (nSPS) is 10.3. The lowest BCUT2D eigenvalue weighted by atomic mass is 10.1. The van der Waals surface area contributed by atoms with Gasteiger partial charge in [-0.3, -0.25) is 87.7 Å². The fourth-order valence-electron chi connectivity index (χ4n) is 3.93. The molecule has 3 amide bonds. The second kappa shape index (κ2) is 25.7. The van der Waals surface area contributed by atoms with E-state index in [2.05, 4.69) is 16.0 Å². The Morgan fingerprint density at radius 3 is 0.694 bits per heavy atom. The molecule has 0 radical (unpaired) electrons. The molecule has 0 aliphatic heterocycles. The molecule has 0 heterocycles. The third kappa shape index (κ3) is 20.9. The highest BCUT2D eigenvalue weighted by atomic mass is 32.2. The summed E-state index contributed by atoms with van der Waals surface area (Å²) in [7, 11) is -6.06. The van der Waals surface area contributed by atoms with Gasteiger partial charge < -0.3 is 20.5 Å². The van der Waals surface area contributed by atoms with Gasteiger partial charge >= 0.3 is 0 Å². The molecule has 3 N–H and O–H groups in total. The van der Waals surface area contributed by atoms with E-state index in [0.29, 0.717) is 54.6 Å². The Labute approximate surface area is 355 Å². The Kier molecular flexibility index (Phi) is 22.9. The predicted molar refractivity (Wildman–Crippen MR) is 224 cm³/mol. The van der Waals surface area contributed by atoms with Crippen molar-refractivity contribution in [3.63, 3.8) is 0 Å². The Hall–Kier alpha value is -6.85. The number of nitrogens with zero attached hydrogens (tertiary/aromatic N) is 6. The van der Waals surface area contributed by atoms with Crippen LogP contribution in [0.15, 0.2) is 54.6 Å². The Balaban J connectivity index is 0.00000274. The van der Waals surface area contributed by atoms with Crippen LogP contribution in [0, 0.1) is 60.7 Å². The first-order valence-electron chi connectivity index (χ1n) is 16.0. The van der Waals surface area contributed by atoms with Gasteiger partial charge in [0.1, 0.15) is 7.14 Å². The molecule has 0 aliphatic carbocycles. The van der Waals surface area contributed by atoms with E-state index >= 15 is 0 Å². The summed E-state index contributed by atoms with van der Waals surface area (Å²) in [4.78, 5) is 99.6. The number of carbonyl (C=O) groups is 3. The predicted octanol–water partition coefficient (Wildman–Crippen LogP) is 2.95. The summed E-state index contributed by atoms with van der Waals surface area (Å²) < 4.78 is 42.6. The molecule has 0 saturated heterocycles. The lowest BCUT2D eigenvalue weighted by Gasteiger charge is -2.20. The zero-order chi connectivity index (χ0) is 48.2. The first kappa shape index (κ1) is 55.2. The summed E-state index contributed by atoms with van der Waals surface area (Å²) >= 11 is 0. The summed E-state index contributed by atoms with van der Waals surface area (Å²) in [6, 6.07) is 5.60. The van der Waals surface area contributed by atoms with Crippen LogP contribution in [-0.4, -0.2) is 116 Å². The van der Waals surface area contributed by atoms with E-state index in [1.807, 2.05) is 0 Å². The van der Waals surface area contributed by atoms with Crippen molar-refractivity contribution in [2.45, 2.75) is 0 Å². The van der Waals surface area contributed by atoms with Crippen molar-refractivity contribution >= 4 is 91.4 Å². The highest BCUT2D eigenvalue weighted by molar-refractivity contribution is 7.83. The van der Waals surface area contributed by atoms with Gasteiger partial charge in [0.2, 0.25) is 0 Å². The fourth-order valence-corrected chi connectivity index (χ4v) is 5.56. The molecule has 0 fully saturated rings. The van der Waals surface area contributed by atoms with E-state index in [0.717, 1.165) is 0 Å². The number of nitro groups is 6. The van der Waals surface area contributed by atoms with Crippen LogP contribution < -0.4 is 16.0 Å². The Bertz CT molecular complexity index is 2020.